The monoisotopic (exact) mass is 265 g/mol. The lowest BCUT2D eigenvalue weighted by molar-refractivity contribution is 0.156. The normalized spacial score (nSPS) is 16.6. The van der Waals surface area contributed by atoms with Crippen molar-refractivity contribution < 1.29 is 0 Å². The standard InChI is InChI=1S/C19H23N/c1-19(12-5-13-19)15-20-14-16-8-10-18(11-9-16)17-6-3-2-4-7-17/h2-4,6-11,20H,5,12-15H2,1H3. The van der Waals surface area contributed by atoms with Gasteiger partial charge in [0.2, 0.25) is 0 Å². The van der Waals surface area contributed by atoms with E-state index in [0.29, 0.717) is 5.41 Å². The maximum absolute atomic E-state index is 3.60. The first-order chi connectivity index (χ1) is 9.75. The molecule has 2 aromatic carbocycles. The van der Waals surface area contributed by atoms with Crippen LogP contribution in [0.15, 0.2) is 54.6 Å². The average molecular weight is 265 g/mol. The molecule has 0 heterocycles. The van der Waals surface area contributed by atoms with Crippen LogP contribution >= 0.6 is 0 Å². The lowest BCUT2D eigenvalue weighted by Gasteiger charge is -2.38. The fourth-order valence-corrected chi connectivity index (χ4v) is 2.91. The molecule has 1 N–H and O–H groups in total. The Hall–Kier alpha value is -1.60. The van der Waals surface area contributed by atoms with Gasteiger partial charge in [-0.1, -0.05) is 67.9 Å². The Morgan fingerprint density at radius 2 is 1.55 bits per heavy atom. The highest BCUT2D eigenvalue weighted by Gasteiger charge is 2.30. The molecule has 0 radical (unpaired) electrons. The first-order valence-electron chi connectivity index (χ1n) is 7.60. The Morgan fingerprint density at radius 1 is 0.900 bits per heavy atom. The molecule has 20 heavy (non-hydrogen) atoms. The number of benzene rings is 2. The molecule has 104 valence electrons. The molecule has 3 rings (SSSR count). The molecule has 1 nitrogen and oxygen atoms in total. The van der Waals surface area contributed by atoms with Crippen LogP contribution in [-0.2, 0) is 6.54 Å². The van der Waals surface area contributed by atoms with Crippen LogP contribution in [0.4, 0.5) is 0 Å². The van der Waals surface area contributed by atoms with Crippen molar-refractivity contribution in [2.45, 2.75) is 32.7 Å². The molecule has 0 spiro atoms. The first-order valence-corrected chi connectivity index (χ1v) is 7.60. The molecule has 0 aliphatic heterocycles. The molecular formula is C19H23N. The summed E-state index contributed by atoms with van der Waals surface area (Å²) in [6.07, 6.45) is 4.17. The van der Waals surface area contributed by atoms with Gasteiger partial charge in [-0.25, -0.2) is 0 Å². The molecule has 0 bridgehead atoms. The molecule has 0 aromatic heterocycles. The van der Waals surface area contributed by atoms with Crippen LogP contribution in [0, 0.1) is 5.41 Å². The zero-order valence-electron chi connectivity index (χ0n) is 12.2. The van der Waals surface area contributed by atoms with Gasteiger partial charge in [0.15, 0.2) is 0 Å². The molecule has 0 unspecified atom stereocenters. The van der Waals surface area contributed by atoms with Crippen molar-refractivity contribution in [3.63, 3.8) is 0 Å². The van der Waals surface area contributed by atoms with Gasteiger partial charge >= 0.3 is 0 Å². The maximum atomic E-state index is 3.60. The predicted molar refractivity (Wildman–Crippen MR) is 85.5 cm³/mol. The second-order valence-electron chi connectivity index (χ2n) is 6.33. The molecule has 1 aliphatic carbocycles. The lowest BCUT2D eigenvalue weighted by Crippen LogP contribution is -2.36. The van der Waals surface area contributed by atoms with Crippen LogP contribution < -0.4 is 5.32 Å². The molecule has 1 heteroatoms. The zero-order chi connectivity index (χ0) is 13.8. The van der Waals surface area contributed by atoms with E-state index in [1.807, 2.05) is 0 Å². The Bertz CT molecular complexity index is 538. The quantitative estimate of drug-likeness (QED) is 0.831. The Labute approximate surface area is 122 Å². The van der Waals surface area contributed by atoms with Crippen molar-refractivity contribution in [2.24, 2.45) is 5.41 Å². The van der Waals surface area contributed by atoms with Crippen LogP contribution in [0.3, 0.4) is 0 Å². The third-order valence-corrected chi connectivity index (χ3v) is 4.50. The van der Waals surface area contributed by atoms with Crippen molar-refractivity contribution in [3.8, 4) is 11.1 Å². The van der Waals surface area contributed by atoms with Gasteiger partial charge in [-0.15, -0.1) is 0 Å². The topological polar surface area (TPSA) is 12.0 Å². The van der Waals surface area contributed by atoms with Gasteiger partial charge in [0.25, 0.3) is 0 Å². The molecule has 1 fully saturated rings. The van der Waals surface area contributed by atoms with Gasteiger partial charge in [-0.2, -0.15) is 0 Å². The minimum Gasteiger partial charge on any atom is -0.312 e. The minimum atomic E-state index is 0.560. The van der Waals surface area contributed by atoms with E-state index in [-0.39, 0.29) is 0 Å². The van der Waals surface area contributed by atoms with E-state index < -0.39 is 0 Å². The summed E-state index contributed by atoms with van der Waals surface area (Å²) in [6, 6.07) is 19.5. The van der Waals surface area contributed by atoms with Crippen LogP contribution in [0.2, 0.25) is 0 Å². The third-order valence-electron chi connectivity index (χ3n) is 4.50. The minimum absolute atomic E-state index is 0.560. The molecule has 0 amide bonds. The van der Waals surface area contributed by atoms with E-state index in [9.17, 15) is 0 Å². The largest absolute Gasteiger partial charge is 0.312 e. The van der Waals surface area contributed by atoms with Gasteiger partial charge in [-0.05, 0) is 34.9 Å². The third kappa shape index (κ3) is 3.10. The van der Waals surface area contributed by atoms with E-state index in [1.54, 1.807) is 0 Å². The highest BCUT2D eigenvalue weighted by atomic mass is 14.9. The van der Waals surface area contributed by atoms with E-state index in [1.165, 1.54) is 36.0 Å². The summed E-state index contributed by atoms with van der Waals surface area (Å²) in [5.41, 5.74) is 4.51. The van der Waals surface area contributed by atoms with Gasteiger partial charge in [0.1, 0.15) is 0 Å². The Kier molecular flexibility index (Phi) is 3.88. The van der Waals surface area contributed by atoms with Gasteiger partial charge < -0.3 is 5.32 Å². The SMILES string of the molecule is CC1(CNCc2ccc(-c3ccccc3)cc2)CCC1. The summed E-state index contributed by atoms with van der Waals surface area (Å²) in [6.45, 7) is 4.51. The summed E-state index contributed by atoms with van der Waals surface area (Å²) in [5, 5.41) is 3.60. The number of rotatable bonds is 5. The Balaban J connectivity index is 1.56. The number of nitrogens with one attached hydrogen (secondary N) is 1. The second-order valence-corrected chi connectivity index (χ2v) is 6.33. The van der Waals surface area contributed by atoms with Crippen molar-refractivity contribution >= 4 is 0 Å². The van der Waals surface area contributed by atoms with Crippen LogP contribution in [-0.4, -0.2) is 6.54 Å². The summed E-state index contributed by atoms with van der Waals surface area (Å²) >= 11 is 0. The summed E-state index contributed by atoms with van der Waals surface area (Å²) in [5.74, 6) is 0. The van der Waals surface area contributed by atoms with Gasteiger partial charge in [0.05, 0.1) is 0 Å². The van der Waals surface area contributed by atoms with Crippen molar-refractivity contribution in [2.75, 3.05) is 6.54 Å². The first kappa shape index (κ1) is 13.4. The molecule has 0 atom stereocenters. The molecular weight excluding hydrogens is 242 g/mol. The van der Waals surface area contributed by atoms with E-state index >= 15 is 0 Å². The van der Waals surface area contributed by atoms with Crippen molar-refractivity contribution in [1.29, 1.82) is 0 Å². The predicted octanol–water partition coefficient (Wildman–Crippen LogP) is 4.63. The fourth-order valence-electron chi connectivity index (χ4n) is 2.91. The fraction of sp³-hybridized carbons (Fsp3) is 0.368. The smallest absolute Gasteiger partial charge is 0.0205 e. The van der Waals surface area contributed by atoms with Crippen molar-refractivity contribution in [1.82, 2.24) is 5.32 Å². The molecule has 0 saturated heterocycles. The number of hydrogen-bond donors (Lipinski definition) is 1. The zero-order valence-corrected chi connectivity index (χ0v) is 12.2. The maximum Gasteiger partial charge on any atom is 0.0205 e. The van der Waals surface area contributed by atoms with Gasteiger partial charge in [-0.3, -0.25) is 0 Å². The van der Waals surface area contributed by atoms with E-state index in [2.05, 4.69) is 66.8 Å². The van der Waals surface area contributed by atoms with Crippen LogP contribution in [0.5, 0.6) is 0 Å². The lowest BCUT2D eigenvalue weighted by atomic mass is 9.70. The summed E-state index contributed by atoms with van der Waals surface area (Å²) < 4.78 is 0. The van der Waals surface area contributed by atoms with E-state index in [0.717, 1.165) is 13.1 Å². The van der Waals surface area contributed by atoms with Crippen molar-refractivity contribution in [3.05, 3.63) is 60.2 Å². The molecule has 1 saturated carbocycles. The van der Waals surface area contributed by atoms with Gasteiger partial charge in [0, 0.05) is 13.1 Å². The molecule has 2 aromatic rings. The average Bonchev–Trinajstić information content (AvgIpc) is 2.47. The summed E-state index contributed by atoms with van der Waals surface area (Å²) in [7, 11) is 0. The molecule has 1 aliphatic rings. The Morgan fingerprint density at radius 3 is 2.15 bits per heavy atom. The highest BCUT2D eigenvalue weighted by molar-refractivity contribution is 5.63. The highest BCUT2D eigenvalue weighted by Crippen LogP contribution is 2.39. The number of hydrogen-bond acceptors (Lipinski definition) is 1. The van der Waals surface area contributed by atoms with Crippen LogP contribution in [0.1, 0.15) is 31.7 Å². The van der Waals surface area contributed by atoms with E-state index in [4.69, 9.17) is 0 Å². The second kappa shape index (κ2) is 5.80. The van der Waals surface area contributed by atoms with Crippen LogP contribution in [0.25, 0.3) is 11.1 Å². The summed E-state index contributed by atoms with van der Waals surface area (Å²) in [4.78, 5) is 0.